The molecule has 0 fully saturated rings. The van der Waals surface area contributed by atoms with Gasteiger partial charge in [-0.2, -0.15) is 0 Å². The van der Waals surface area contributed by atoms with Gasteiger partial charge in [0.2, 0.25) is 0 Å². The molecule has 2 aromatic carbocycles. The molecule has 0 bridgehead atoms. The molecule has 0 N–H and O–H groups in total. The minimum atomic E-state index is -0.757. The van der Waals surface area contributed by atoms with Gasteiger partial charge in [-0.05, 0) is 43.7 Å². The highest BCUT2D eigenvalue weighted by Gasteiger charge is 2.17. The molecule has 3 rings (SSSR count). The largest absolute Gasteiger partial charge is 0.497 e. The second-order valence-corrected chi connectivity index (χ2v) is 5.88. The first-order chi connectivity index (χ1) is 13.0. The van der Waals surface area contributed by atoms with Crippen LogP contribution in [0.1, 0.15) is 13.8 Å². The van der Waals surface area contributed by atoms with Crippen molar-refractivity contribution < 1.29 is 23.4 Å². The maximum Gasteiger partial charge on any atom is 0.347 e. The van der Waals surface area contributed by atoms with Crippen LogP contribution in [0.4, 0.5) is 0 Å². The maximum absolute atomic E-state index is 12.8. The third-order valence-electron chi connectivity index (χ3n) is 4.08. The van der Waals surface area contributed by atoms with Crippen LogP contribution in [0.2, 0.25) is 0 Å². The molecular weight excluding hydrogens is 348 g/mol. The lowest BCUT2D eigenvalue weighted by atomic mass is 10.1. The van der Waals surface area contributed by atoms with E-state index >= 15 is 0 Å². The number of benzene rings is 2. The van der Waals surface area contributed by atoms with E-state index in [0.717, 1.165) is 5.56 Å². The van der Waals surface area contributed by atoms with E-state index in [9.17, 15) is 9.59 Å². The molecule has 27 heavy (non-hydrogen) atoms. The van der Waals surface area contributed by atoms with E-state index in [2.05, 4.69) is 0 Å². The molecule has 0 saturated heterocycles. The first-order valence-corrected chi connectivity index (χ1v) is 8.56. The molecular formula is C21H20O6. The molecule has 0 saturated carbocycles. The lowest BCUT2D eigenvalue weighted by molar-refractivity contribution is -0.150. The molecule has 3 aromatic rings. The number of carbonyl (C=O) groups excluding carboxylic acids is 1. The summed E-state index contributed by atoms with van der Waals surface area (Å²) in [7, 11) is 1.59. The second kappa shape index (κ2) is 7.95. The number of fused-ring (bicyclic) bond motifs is 1. The molecule has 0 amide bonds. The Kier molecular flexibility index (Phi) is 5.45. The van der Waals surface area contributed by atoms with Crippen molar-refractivity contribution in [3.8, 4) is 22.6 Å². The van der Waals surface area contributed by atoms with Gasteiger partial charge < -0.3 is 18.6 Å². The Morgan fingerprint density at radius 3 is 2.48 bits per heavy atom. The van der Waals surface area contributed by atoms with E-state index < -0.39 is 12.1 Å². The number of esters is 1. The molecule has 0 radical (unpaired) electrons. The van der Waals surface area contributed by atoms with Gasteiger partial charge in [0.1, 0.15) is 23.3 Å². The van der Waals surface area contributed by atoms with Crippen LogP contribution in [0.3, 0.4) is 0 Å². The fourth-order valence-electron chi connectivity index (χ4n) is 2.66. The molecule has 1 heterocycles. The van der Waals surface area contributed by atoms with Crippen molar-refractivity contribution >= 4 is 16.9 Å². The van der Waals surface area contributed by atoms with Crippen LogP contribution >= 0.6 is 0 Å². The molecule has 6 heteroatoms. The summed E-state index contributed by atoms with van der Waals surface area (Å²) in [5, 5.41) is 0.430. The molecule has 1 atom stereocenters. The van der Waals surface area contributed by atoms with E-state index in [4.69, 9.17) is 18.6 Å². The van der Waals surface area contributed by atoms with Crippen molar-refractivity contribution in [3.63, 3.8) is 0 Å². The zero-order valence-corrected chi connectivity index (χ0v) is 15.4. The zero-order valence-electron chi connectivity index (χ0n) is 15.4. The summed E-state index contributed by atoms with van der Waals surface area (Å²) in [4.78, 5) is 24.5. The van der Waals surface area contributed by atoms with Crippen LogP contribution in [0.25, 0.3) is 22.1 Å². The SMILES string of the molecule is CCOC(=O)C(C)Oc1ccc2c(=O)c(-c3ccc(OC)cc3)coc2c1. The van der Waals surface area contributed by atoms with Crippen LogP contribution in [-0.4, -0.2) is 25.8 Å². The number of ether oxygens (including phenoxy) is 3. The molecule has 0 spiro atoms. The Bertz CT molecular complexity index is 1000. The molecule has 0 aliphatic rings. The number of methoxy groups -OCH3 is 1. The van der Waals surface area contributed by atoms with Gasteiger partial charge in [0.05, 0.1) is 24.7 Å². The summed E-state index contributed by atoms with van der Waals surface area (Å²) in [5.74, 6) is 0.679. The van der Waals surface area contributed by atoms with Gasteiger partial charge in [-0.1, -0.05) is 12.1 Å². The molecule has 1 unspecified atom stereocenters. The van der Waals surface area contributed by atoms with Gasteiger partial charge in [-0.3, -0.25) is 4.79 Å². The van der Waals surface area contributed by atoms with Crippen LogP contribution in [0, 0.1) is 0 Å². The van der Waals surface area contributed by atoms with Crippen molar-refractivity contribution in [2.75, 3.05) is 13.7 Å². The minimum absolute atomic E-state index is 0.147. The second-order valence-electron chi connectivity index (χ2n) is 5.88. The van der Waals surface area contributed by atoms with Crippen molar-refractivity contribution in [3.05, 3.63) is 59.0 Å². The van der Waals surface area contributed by atoms with Crippen LogP contribution in [0.5, 0.6) is 11.5 Å². The lowest BCUT2D eigenvalue weighted by Gasteiger charge is -2.13. The number of rotatable bonds is 6. The summed E-state index contributed by atoms with van der Waals surface area (Å²) in [6, 6.07) is 12.0. The Labute approximate surface area is 156 Å². The standard InChI is InChI=1S/C21H20O6/c1-4-25-21(23)13(2)27-16-9-10-17-19(11-16)26-12-18(20(17)22)14-5-7-15(24-3)8-6-14/h5-13H,4H2,1-3H3. The quantitative estimate of drug-likeness (QED) is 0.616. The number of hydrogen-bond acceptors (Lipinski definition) is 6. The topological polar surface area (TPSA) is 75.0 Å². The zero-order chi connectivity index (χ0) is 19.4. The first kappa shape index (κ1) is 18.5. The highest BCUT2D eigenvalue weighted by atomic mass is 16.6. The van der Waals surface area contributed by atoms with Crippen LogP contribution in [0.15, 0.2) is 57.9 Å². The van der Waals surface area contributed by atoms with E-state index in [0.29, 0.717) is 28.0 Å². The monoisotopic (exact) mass is 368 g/mol. The summed E-state index contributed by atoms with van der Waals surface area (Å²) >= 11 is 0. The van der Waals surface area contributed by atoms with Crippen LogP contribution < -0.4 is 14.9 Å². The van der Waals surface area contributed by atoms with Crippen LogP contribution in [-0.2, 0) is 9.53 Å². The molecule has 6 nitrogen and oxygen atoms in total. The van der Waals surface area contributed by atoms with Gasteiger partial charge in [0.15, 0.2) is 11.5 Å². The van der Waals surface area contributed by atoms with E-state index in [1.807, 2.05) is 0 Å². The molecule has 1 aromatic heterocycles. The van der Waals surface area contributed by atoms with Crippen molar-refractivity contribution in [2.24, 2.45) is 0 Å². The normalized spacial score (nSPS) is 11.8. The summed E-state index contributed by atoms with van der Waals surface area (Å²) in [5.41, 5.74) is 1.43. The Morgan fingerprint density at radius 1 is 1.11 bits per heavy atom. The van der Waals surface area contributed by atoms with Gasteiger partial charge in [-0.25, -0.2) is 4.79 Å². The minimum Gasteiger partial charge on any atom is -0.497 e. The van der Waals surface area contributed by atoms with E-state index in [1.165, 1.54) is 6.26 Å². The molecule has 140 valence electrons. The predicted molar refractivity (Wildman–Crippen MR) is 101 cm³/mol. The van der Waals surface area contributed by atoms with Gasteiger partial charge in [0, 0.05) is 6.07 Å². The van der Waals surface area contributed by atoms with Gasteiger partial charge in [-0.15, -0.1) is 0 Å². The molecule has 0 aliphatic heterocycles. The Hall–Kier alpha value is -3.28. The predicted octanol–water partition coefficient (Wildman–Crippen LogP) is 3.80. The Morgan fingerprint density at radius 2 is 1.81 bits per heavy atom. The average molecular weight is 368 g/mol. The first-order valence-electron chi connectivity index (χ1n) is 8.56. The summed E-state index contributed by atoms with van der Waals surface area (Å²) in [6.07, 6.45) is 0.665. The maximum atomic E-state index is 12.8. The van der Waals surface area contributed by atoms with E-state index in [1.54, 1.807) is 63.4 Å². The highest BCUT2D eigenvalue weighted by Crippen LogP contribution is 2.25. The number of hydrogen-bond donors (Lipinski definition) is 0. The van der Waals surface area contributed by atoms with E-state index in [-0.39, 0.29) is 12.0 Å². The van der Waals surface area contributed by atoms with Crippen molar-refractivity contribution in [1.29, 1.82) is 0 Å². The average Bonchev–Trinajstić information content (AvgIpc) is 2.68. The summed E-state index contributed by atoms with van der Waals surface area (Å²) in [6.45, 7) is 3.62. The van der Waals surface area contributed by atoms with Gasteiger partial charge in [0.25, 0.3) is 0 Å². The smallest absolute Gasteiger partial charge is 0.347 e. The van der Waals surface area contributed by atoms with Crippen molar-refractivity contribution in [1.82, 2.24) is 0 Å². The number of carbonyl (C=O) groups is 1. The molecule has 0 aliphatic carbocycles. The highest BCUT2D eigenvalue weighted by molar-refractivity contribution is 5.83. The summed E-state index contributed by atoms with van der Waals surface area (Å²) < 4.78 is 21.3. The van der Waals surface area contributed by atoms with Gasteiger partial charge >= 0.3 is 5.97 Å². The third-order valence-corrected chi connectivity index (χ3v) is 4.08. The Balaban J connectivity index is 1.91. The third kappa shape index (κ3) is 3.95. The fraction of sp³-hybridized carbons (Fsp3) is 0.238. The lowest BCUT2D eigenvalue weighted by Crippen LogP contribution is -2.26. The fourth-order valence-corrected chi connectivity index (χ4v) is 2.66. The van der Waals surface area contributed by atoms with Crippen molar-refractivity contribution in [2.45, 2.75) is 20.0 Å².